The van der Waals surface area contributed by atoms with Crippen molar-refractivity contribution in [1.82, 2.24) is 15.1 Å². The summed E-state index contributed by atoms with van der Waals surface area (Å²) in [5.41, 5.74) is 2.21. The Balaban J connectivity index is 1.49. The molecule has 2 amide bonds. The summed E-state index contributed by atoms with van der Waals surface area (Å²) in [6.45, 7) is 7.14. The molecule has 1 fully saturated rings. The van der Waals surface area contributed by atoms with E-state index in [-0.39, 0.29) is 6.03 Å². The van der Waals surface area contributed by atoms with E-state index in [1.165, 1.54) is 5.56 Å². The first-order chi connectivity index (χ1) is 14.6. The van der Waals surface area contributed by atoms with E-state index in [2.05, 4.69) is 22.3 Å². The van der Waals surface area contributed by atoms with E-state index in [1.807, 2.05) is 42.2 Å². The molecule has 7 heteroatoms. The summed E-state index contributed by atoms with van der Waals surface area (Å²) in [6.07, 6.45) is 0.956. The highest BCUT2D eigenvalue weighted by atomic mass is 35.5. The molecule has 2 aromatic rings. The van der Waals surface area contributed by atoms with Crippen LogP contribution in [0.4, 0.5) is 4.79 Å². The number of halogens is 1. The Morgan fingerprint density at radius 3 is 2.53 bits per heavy atom. The third-order valence-corrected chi connectivity index (χ3v) is 5.42. The fourth-order valence-corrected chi connectivity index (χ4v) is 3.69. The van der Waals surface area contributed by atoms with Gasteiger partial charge in [0.25, 0.3) is 0 Å². The maximum absolute atomic E-state index is 12.7. The molecule has 1 aliphatic heterocycles. The zero-order valence-corrected chi connectivity index (χ0v) is 18.5. The van der Waals surface area contributed by atoms with Crippen molar-refractivity contribution in [2.24, 2.45) is 0 Å². The normalized spacial score (nSPS) is 14.8. The molecule has 162 valence electrons. The third kappa shape index (κ3) is 6.28. The number of amides is 2. The highest BCUT2D eigenvalue weighted by Crippen LogP contribution is 2.28. The van der Waals surface area contributed by atoms with Gasteiger partial charge in [0.15, 0.2) is 11.5 Å². The number of ether oxygens (including phenoxy) is 2. The number of nitrogens with zero attached hydrogens (tertiary/aromatic N) is 2. The Labute approximate surface area is 183 Å². The lowest BCUT2D eigenvalue weighted by atomic mass is 10.2. The van der Waals surface area contributed by atoms with Crippen molar-refractivity contribution < 1.29 is 14.3 Å². The van der Waals surface area contributed by atoms with Crippen LogP contribution in [0.15, 0.2) is 42.5 Å². The number of urea groups is 1. The second kappa shape index (κ2) is 11.1. The Kier molecular flexibility index (Phi) is 8.22. The Morgan fingerprint density at radius 2 is 1.80 bits per heavy atom. The van der Waals surface area contributed by atoms with Crippen LogP contribution in [0.25, 0.3) is 0 Å². The van der Waals surface area contributed by atoms with Gasteiger partial charge in [0, 0.05) is 44.3 Å². The second-order valence-electron chi connectivity index (χ2n) is 7.32. The number of benzene rings is 2. The number of hydrogen-bond donors (Lipinski definition) is 1. The van der Waals surface area contributed by atoms with Gasteiger partial charge in [-0.15, -0.1) is 0 Å². The van der Waals surface area contributed by atoms with Crippen molar-refractivity contribution in [2.45, 2.75) is 26.4 Å². The first-order valence-corrected chi connectivity index (χ1v) is 10.8. The molecule has 6 nitrogen and oxygen atoms in total. The van der Waals surface area contributed by atoms with E-state index >= 15 is 0 Å². The van der Waals surface area contributed by atoms with Crippen molar-refractivity contribution in [3.05, 3.63) is 58.6 Å². The molecule has 1 aliphatic rings. The van der Waals surface area contributed by atoms with E-state index in [0.717, 1.165) is 43.2 Å². The molecule has 1 heterocycles. The van der Waals surface area contributed by atoms with Crippen LogP contribution in [0.3, 0.4) is 0 Å². The highest BCUT2D eigenvalue weighted by molar-refractivity contribution is 6.30. The summed E-state index contributed by atoms with van der Waals surface area (Å²) >= 11 is 5.97. The lowest BCUT2D eigenvalue weighted by Gasteiger charge is -2.22. The van der Waals surface area contributed by atoms with Crippen LogP contribution in [0.2, 0.25) is 5.02 Å². The number of nitrogens with one attached hydrogen (secondary N) is 1. The zero-order valence-electron chi connectivity index (χ0n) is 17.7. The summed E-state index contributed by atoms with van der Waals surface area (Å²) in [5.74, 6) is 1.39. The average Bonchev–Trinajstić information content (AvgIpc) is 3.00. The number of hydrogen-bond acceptors (Lipinski definition) is 4. The Morgan fingerprint density at radius 1 is 1.03 bits per heavy atom. The molecule has 0 unspecified atom stereocenters. The van der Waals surface area contributed by atoms with E-state index in [4.69, 9.17) is 21.1 Å². The lowest BCUT2D eigenvalue weighted by molar-refractivity contribution is 0.197. The van der Waals surface area contributed by atoms with Crippen molar-refractivity contribution in [2.75, 3.05) is 39.9 Å². The fraction of sp³-hybridized carbons (Fsp3) is 0.435. The molecule has 1 saturated heterocycles. The standard InChI is InChI=1S/C23H30ClN3O3/c1-3-30-21-10-7-19(15-22(21)29-2)16-25-23(28)27-12-4-11-26(13-14-27)17-18-5-8-20(24)9-6-18/h5-10,15H,3-4,11-14,16-17H2,1-2H3,(H,25,28). The molecule has 0 bridgehead atoms. The smallest absolute Gasteiger partial charge is 0.317 e. The van der Waals surface area contributed by atoms with Gasteiger partial charge in [-0.1, -0.05) is 29.8 Å². The van der Waals surface area contributed by atoms with Crippen LogP contribution < -0.4 is 14.8 Å². The van der Waals surface area contributed by atoms with Crippen molar-refractivity contribution in [1.29, 1.82) is 0 Å². The minimum Gasteiger partial charge on any atom is -0.493 e. The monoisotopic (exact) mass is 431 g/mol. The molecule has 30 heavy (non-hydrogen) atoms. The minimum atomic E-state index is -0.0313. The van der Waals surface area contributed by atoms with Gasteiger partial charge in [0.1, 0.15) is 0 Å². The molecule has 2 aromatic carbocycles. The quantitative estimate of drug-likeness (QED) is 0.715. The van der Waals surface area contributed by atoms with Crippen molar-refractivity contribution in [3.63, 3.8) is 0 Å². The van der Waals surface area contributed by atoms with Crippen molar-refractivity contribution >= 4 is 17.6 Å². The van der Waals surface area contributed by atoms with E-state index < -0.39 is 0 Å². The Bertz CT molecular complexity index is 829. The molecule has 0 radical (unpaired) electrons. The second-order valence-corrected chi connectivity index (χ2v) is 7.76. The van der Waals surface area contributed by atoms with Gasteiger partial charge in [0.2, 0.25) is 0 Å². The van der Waals surface area contributed by atoms with Gasteiger partial charge in [-0.2, -0.15) is 0 Å². The van der Waals surface area contributed by atoms with E-state index in [0.29, 0.717) is 31.2 Å². The molecule has 0 aliphatic carbocycles. The van der Waals surface area contributed by atoms with Gasteiger partial charge < -0.3 is 19.7 Å². The summed E-state index contributed by atoms with van der Waals surface area (Å²) in [6, 6.07) is 13.7. The predicted molar refractivity (Wildman–Crippen MR) is 119 cm³/mol. The van der Waals surface area contributed by atoms with Crippen LogP contribution in [-0.4, -0.2) is 55.7 Å². The van der Waals surface area contributed by atoms with Crippen LogP contribution in [0.1, 0.15) is 24.5 Å². The molecular formula is C23H30ClN3O3. The first kappa shape index (κ1) is 22.2. The number of carbonyl (C=O) groups is 1. The van der Waals surface area contributed by atoms with Crippen LogP contribution >= 0.6 is 11.6 Å². The number of carbonyl (C=O) groups excluding carboxylic acids is 1. The molecule has 0 saturated carbocycles. The maximum atomic E-state index is 12.7. The number of methoxy groups -OCH3 is 1. The largest absolute Gasteiger partial charge is 0.493 e. The van der Waals surface area contributed by atoms with Crippen LogP contribution in [-0.2, 0) is 13.1 Å². The third-order valence-electron chi connectivity index (χ3n) is 5.17. The molecular weight excluding hydrogens is 402 g/mol. The predicted octanol–water partition coefficient (Wildman–Crippen LogP) is 4.16. The summed E-state index contributed by atoms with van der Waals surface area (Å²) in [4.78, 5) is 17.0. The highest BCUT2D eigenvalue weighted by Gasteiger charge is 2.19. The van der Waals surface area contributed by atoms with E-state index in [9.17, 15) is 4.79 Å². The summed E-state index contributed by atoms with van der Waals surface area (Å²) < 4.78 is 10.9. The first-order valence-electron chi connectivity index (χ1n) is 10.4. The van der Waals surface area contributed by atoms with Crippen LogP contribution in [0.5, 0.6) is 11.5 Å². The molecule has 0 atom stereocenters. The molecule has 0 spiro atoms. The maximum Gasteiger partial charge on any atom is 0.317 e. The molecule has 0 aromatic heterocycles. The van der Waals surface area contributed by atoms with Gasteiger partial charge in [0.05, 0.1) is 13.7 Å². The lowest BCUT2D eigenvalue weighted by Crippen LogP contribution is -2.41. The van der Waals surface area contributed by atoms with Crippen LogP contribution in [0, 0.1) is 0 Å². The van der Waals surface area contributed by atoms with Gasteiger partial charge in [-0.3, -0.25) is 4.90 Å². The fourth-order valence-electron chi connectivity index (χ4n) is 3.57. The summed E-state index contributed by atoms with van der Waals surface area (Å²) in [7, 11) is 1.62. The average molecular weight is 432 g/mol. The molecule has 1 N–H and O–H groups in total. The van der Waals surface area contributed by atoms with E-state index in [1.54, 1.807) is 7.11 Å². The Hall–Kier alpha value is -2.44. The summed E-state index contributed by atoms with van der Waals surface area (Å²) in [5, 5.41) is 3.78. The SMILES string of the molecule is CCOc1ccc(CNC(=O)N2CCCN(Cc3ccc(Cl)cc3)CC2)cc1OC. The minimum absolute atomic E-state index is 0.0313. The van der Waals surface area contributed by atoms with Gasteiger partial charge >= 0.3 is 6.03 Å². The molecule has 3 rings (SSSR count). The zero-order chi connectivity index (χ0) is 21.3. The number of rotatable bonds is 7. The topological polar surface area (TPSA) is 54.0 Å². The van der Waals surface area contributed by atoms with Gasteiger partial charge in [-0.25, -0.2) is 4.79 Å². The van der Waals surface area contributed by atoms with Gasteiger partial charge in [-0.05, 0) is 48.7 Å². The van der Waals surface area contributed by atoms with Crippen molar-refractivity contribution in [3.8, 4) is 11.5 Å².